The summed E-state index contributed by atoms with van der Waals surface area (Å²) in [6.45, 7) is 6.51. The van der Waals surface area contributed by atoms with Crippen LogP contribution in [0.25, 0.3) is 0 Å². The fourth-order valence-electron chi connectivity index (χ4n) is 2.91. The van der Waals surface area contributed by atoms with Crippen molar-refractivity contribution in [2.75, 3.05) is 18.4 Å². The van der Waals surface area contributed by atoms with Gasteiger partial charge >= 0.3 is 0 Å². The molecule has 0 saturated carbocycles. The van der Waals surface area contributed by atoms with E-state index >= 15 is 0 Å². The summed E-state index contributed by atoms with van der Waals surface area (Å²) in [5, 5.41) is 2.75. The fraction of sp³-hybridized carbons (Fsp3) is 0.412. The maximum atomic E-state index is 13.5. The van der Waals surface area contributed by atoms with Crippen LogP contribution in [0.2, 0.25) is 0 Å². The number of aryl methyl sites for hydroxylation is 2. The van der Waals surface area contributed by atoms with Crippen molar-refractivity contribution in [3.63, 3.8) is 0 Å². The molecule has 0 bridgehead atoms. The molecule has 1 aromatic carbocycles. The third-order valence-electron chi connectivity index (χ3n) is 4.23. The predicted molar refractivity (Wildman–Crippen MR) is 86.6 cm³/mol. The first-order chi connectivity index (χ1) is 11.1. The minimum Gasteiger partial charge on any atom is -0.334 e. The van der Waals surface area contributed by atoms with Crippen molar-refractivity contribution in [2.24, 2.45) is 0 Å². The number of carbonyl (C=O) groups is 1. The van der Waals surface area contributed by atoms with Crippen molar-refractivity contribution in [3.8, 4) is 0 Å². The topological polar surface area (TPSA) is 50.2 Å². The molecule has 0 radical (unpaired) electrons. The molecule has 5 nitrogen and oxygen atoms in total. The van der Waals surface area contributed by atoms with E-state index in [4.69, 9.17) is 0 Å². The van der Waals surface area contributed by atoms with Gasteiger partial charge in [-0.05, 0) is 31.5 Å². The molecule has 1 aliphatic heterocycles. The van der Waals surface area contributed by atoms with Crippen LogP contribution in [0.15, 0.2) is 24.5 Å². The molecule has 6 heteroatoms. The molecule has 0 spiro atoms. The molecular formula is C17H21FN4O. The molecule has 1 aliphatic rings. The third kappa shape index (κ3) is 3.42. The van der Waals surface area contributed by atoms with Crippen LogP contribution in [-0.2, 0) is 24.3 Å². The number of hydrogen-bond acceptors (Lipinski definition) is 3. The second-order valence-electron chi connectivity index (χ2n) is 5.90. The minimum absolute atomic E-state index is 0.133. The van der Waals surface area contributed by atoms with Crippen molar-refractivity contribution >= 4 is 11.6 Å². The first kappa shape index (κ1) is 15.7. The van der Waals surface area contributed by atoms with Crippen LogP contribution in [0, 0.1) is 12.7 Å². The molecule has 23 heavy (non-hydrogen) atoms. The quantitative estimate of drug-likeness (QED) is 0.942. The maximum Gasteiger partial charge on any atom is 0.238 e. The molecule has 0 unspecified atom stereocenters. The van der Waals surface area contributed by atoms with E-state index in [1.54, 1.807) is 19.1 Å². The number of carbonyl (C=O) groups excluding carboxylic acids is 1. The summed E-state index contributed by atoms with van der Waals surface area (Å²) in [5.74, 6) is -0.442. The SMILES string of the molecule is CCn1cnc2c1CCN(CC(=O)Nc1ccc(C)c(F)c1)C2. The average molecular weight is 316 g/mol. The van der Waals surface area contributed by atoms with Gasteiger partial charge < -0.3 is 9.88 Å². The Morgan fingerprint density at radius 3 is 3.00 bits per heavy atom. The van der Waals surface area contributed by atoms with Gasteiger partial charge in [0.2, 0.25) is 5.91 Å². The summed E-state index contributed by atoms with van der Waals surface area (Å²) in [4.78, 5) is 18.6. The number of benzene rings is 1. The van der Waals surface area contributed by atoms with E-state index < -0.39 is 0 Å². The van der Waals surface area contributed by atoms with E-state index in [-0.39, 0.29) is 18.3 Å². The lowest BCUT2D eigenvalue weighted by Gasteiger charge is -2.26. The predicted octanol–water partition coefficient (Wildman–Crippen LogP) is 2.35. The molecule has 0 atom stereocenters. The van der Waals surface area contributed by atoms with Crippen LogP contribution in [0.5, 0.6) is 0 Å². The highest BCUT2D eigenvalue weighted by atomic mass is 19.1. The summed E-state index contributed by atoms with van der Waals surface area (Å²) < 4.78 is 15.7. The summed E-state index contributed by atoms with van der Waals surface area (Å²) in [5.41, 5.74) is 3.38. The lowest BCUT2D eigenvalue weighted by Crippen LogP contribution is -2.37. The van der Waals surface area contributed by atoms with E-state index in [1.165, 1.54) is 11.8 Å². The van der Waals surface area contributed by atoms with Gasteiger partial charge in [0.15, 0.2) is 0 Å². The number of halogens is 1. The van der Waals surface area contributed by atoms with E-state index in [2.05, 4.69) is 26.7 Å². The van der Waals surface area contributed by atoms with E-state index in [1.807, 2.05) is 6.33 Å². The van der Waals surface area contributed by atoms with Crippen LogP contribution >= 0.6 is 0 Å². The molecular weight excluding hydrogens is 295 g/mol. The molecule has 1 aromatic heterocycles. The Morgan fingerprint density at radius 2 is 2.26 bits per heavy atom. The maximum absolute atomic E-state index is 13.5. The van der Waals surface area contributed by atoms with E-state index in [0.717, 1.165) is 25.2 Å². The van der Waals surface area contributed by atoms with Gasteiger partial charge in [-0.1, -0.05) is 6.07 Å². The number of amides is 1. The first-order valence-electron chi connectivity index (χ1n) is 7.88. The first-order valence-corrected chi connectivity index (χ1v) is 7.88. The number of rotatable bonds is 4. The smallest absolute Gasteiger partial charge is 0.238 e. The zero-order chi connectivity index (χ0) is 16.4. The number of nitrogens with zero attached hydrogens (tertiary/aromatic N) is 3. The Labute approximate surface area is 135 Å². The highest BCUT2D eigenvalue weighted by Gasteiger charge is 2.22. The number of fused-ring (bicyclic) bond motifs is 1. The van der Waals surface area contributed by atoms with Crippen molar-refractivity contribution < 1.29 is 9.18 Å². The van der Waals surface area contributed by atoms with Gasteiger partial charge in [-0.25, -0.2) is 9.37 Å². The second kappa shape index (κ2) is 6.50. The van der Waals surface area contributed by atoms with E-state index in [9.17, 15) is 9.18 Å². The summed E-state index contributed by atoms with van der Waals surface area (Å²) in [6, 6.07) is 4.73. The largest absolute Gasteiger partial charge is 0.334 e. The van der Waals surface area contributed by atoms with Gasteiger partial charge in [-0.15, -0.1) is 0 Å². The number of aromatic nitrogens is 2. The number of imidazole rings is 1. The van der Waals surface area contributed by atoms with E-state index in [0.29, 0.717) is 17.8 Å². The van der Waals surface area contributed by atoms with Gasteiger partial charge in [-0.3, -0.25) is 9.69 Å². The molecule has 0 fully saturated rings. The van der Waals surface area contributed by atoms with Crippen LogP contribution in [0.1, 0.15) is 23.9 Å². The van der Waals surface area contributed by atoms with Crippen molar-refractivity contribution in [2.45, 2.75) is 33.4 Å². The molecule has 0 saturated heterocycles. The lowest BCUT2D eigenvalue weighted by atomic mass is 10.1. The molecule has 1 amide bonds. The van der Waals surface area contributed by atoms with Gasteiger partial charge in [0.1, 0.15) is 5.82 Å². The van der Waals surface area contributed by atoms with Gasteiger partial charge in [0.05, 0.1) is 18.6 Å². The second-order valence-corrected chi connectivity index (χ2v) is 5.90. The molecule has 122 valence electrons. The summed E-state index contributed by atoms with van der Waals surface area (Å²) in [7, 11) is 0. The third-order valence-corrected chi connectivity index (χ3v) is 4.23. The normalized spacial score (nSPS) is 14.6. The zero-order valence-corrected chi connectivity index (χ0v) is 13.5. The number of anilines is 1. The summed E-state index contributed by atoms with van der Waals surface area (Å²) in [6.07, 6.45) is 2.76. The van der Waals surface area contributed by atoms with Crippen LogP contribution in [-0.4, -0.2) is 33.4 Å². The molecule has 0 aliphatic carbocycles. The van der Waals surface area contributed by atoms with Crippen molar-refractivity contribution in [1.82, 2.24) is 14.5 Å². The average Bonchev–Trinajstić information content (AvgIpc) is 2.93. The number of hydrogen-bond donors (Lipinski definition) is 1. The standard InChI is InChI=1S/C17H21FN4O/c1-3-22-11-19-15-9-21(7-6-16(15)22)10-17(23)20-13-5-4-12(2)14(18)8-13/h4-5,8,11H,3,6-7,9-10H2,1-2H3,(H,20,23). The van der Waals surface area contributed by atoms with Gasteiger partial charge in [0, 0.05) is 37.4 Å². The highest BCUT2D eigenvalue weighted by Crippen LogP contribution is 2.18. The molecule has 2 heterocycles. The molecule has 3 rings (SSSR count). The van der Waals surface area contributed by atoms with Crippen LogP contribution < -0.4 is 5.32 Å². The van der Waals surface area contributed by atoms with Gasteiger partial charge in [0.25, 0.3) is 0 Å². The van der Waals surface area contributed by atoms with Crippen LogP contribution in [0.3, 0.4) is 0 Å². The monoisotopic (exact) mass is 316 g/mol. The molecule has 1 N–H and O–H groups in total. The minimum atomic E-state index is -0.310. The van der Waals surface area contributed by atoms with Crippen molar-refractivity contribution in [3.05, 3.63) is 47.3 Å². The zero-order valence-electron chi connectivity index (χ0n) is 13.5. The Balaban J connectivity index is 1.59. The Hall–Kier alpha value is -2.21. The molecule has 2 aromatic rings. The summed E-state index contributed by atoms with van der Waals surface area (Å²) >= 11 is 0. The highest BCUT2D eigenvalue weighted by molar-refractivity contribution is 5.92. The Bertz CT molecular complexity index is 725. The van der Waals surface area contributed by atoms with Gasteiger partial charge in [-0.2, -0.15) is 0 Å². The Kier molecular flexibility index (Phi) is 4.43. The lowest BCUT2D eigenvalue weighted by molar-refractivity contribution is -0.117. The van der Waals surface area contributed by atoms with Crippen molar-refractivity contribution in [1.29, 1.82) is 0 Å². The van der Waals surface area contributed by atoms with Crippen LogP contribution in [0.4, 0.5) is 10.1 Å². The Morgan fingerprint density at radius 1 is 1.43 bits per heavy atom. The number of nitrogens with one attached hydrogen (secondary N) is 1. The fourth-order valence-corrected chi connectivity index (χ4v) is 2.91.